The third-order valence-electron chi connectivity index (χ3n) is 3.90. The molecular weight excluding hydrogens is 314 g/mol. The molecule has 0 bridgehead atoms. The molecule has 1 atom stereocenters. The highest BCUT2D eigenvalue weighted by atomic mass is 32.2. The van der Waals surface area contributed by atoms with E-state index < -0.39 is 17.8 Å². The summed E-state index contributed by atoms with van der Waals surface area (Å²) >= 11 is 1.37. The summed E-state index contributed by atoms with van der Waals surface area (Å²) in [6, 6.07) is 7.13. The van der Waals surface area contributed by atoms with Crippen LogP contribution in [0.15, 0.2) is 35.4 Å². The molecule has 5 nitrogen and oxygen atoms in total. The van der Waals surface area contributed by atoms with Crippen LogP contribution in [0.2, 0.25) is 0 Å². The van der Waals surface area contributed by atoms with E-state index in [0.29, 0.717) is 17.7 Å². The summed E-state index contributed by atoms with van der Waals surface area (Å²) in [6.45, 7) is 4.08. The summed E-state index contributed by atoms with van der Waals surface area (Å²) in [7, 11) is 0. The largest absolute Gasteiger partial charge is 0.481 e. The Labute approximate surface area is 139 Å². The molecule has 1 N–H and O–H groups in total. The van der Waals surface area contributed by atoms with E-state index in [9.17, 15) is 14.4 Å². The zero-order valence-electron chi connectivity index (χ0n) is 13.3. The Balaban J connectivity index is 2.58. The molecule has 1 aromatic carbocycles. The Morgan fingerprint density at radius 1 is 1.30 bits per heavy atom. The van der Waals surface area contributed by atoms with Crippen molar-refractivity contribution in [2.24, 2.45) is 0 Å². The Morgan fingerprint density at radius 3 is 2.48 bits per heavy atom. The summed E-state index contributed by atoms with van der Waals surface area (Å²) in [6.07, 6.45) is 1.38. The predicted octanol–water partition coefficient (Wildman–Crippen LogP) is 2.50. The van der Waals surface area contributed by atoms with Crippen molar-refractivity contribution in [2.45, 2.75) is 25.6 Å². The molecule has 1 aliphatic heterocycles. The van der Waals surface area contributed by atoms with Gasteiger partial charge in [-0.2, -0.15) is 0 Å². The zero-order chi connectivity index (χ0) is 17.1. The van der Waals surface area contributed by atoms with E-state index in [1.54, 1.807) is 17.0 Å². The SMILES string of the molecule is CCN1C(=O)C(CC(=O)O)=C(C(=O)c2ccccc2C)[C@H]1SC. The molecule has 1 amide bonds. The number of Topliss-reactive ketones (excluding diaryl/α,β-unsaturated/α-hetero) is 1. The van der Waals surface area contributed by atoms with Gasteiger partial charge in [0.1, 0.15) is 5.37 Å². The van der Waals surface area contributed by atoms with Crippen molar-refractivity contribution >= 4 is 29.4 Å². The molecule has 1 aromatic rings. The third-order valence-corrected chi connectivity index (χ3v) is 4.84. The topological polar surface area (TPSA) is 74.7 Å². The van der Waals surface area contributed by atoms with E-state index in [4.69, 9.17) is 5.11 Å². The maximum atomic E-state index is 13.0. The summed E-state index contributed by atoms with van der Waals surface area (Å²) in [5, 5.41) is 8.68. The Bertz CT molecular complexity index is 696. The van der Waals surface area contributed by atoms with Crippen LogP contribution in [-0.2, 0) is 9.59 Å². The summed E-state index contributed by atoms with van der Waals surface area (Å²) in [5.41, 5.74) is 1.73. The van der Waals surface area contributed by atoms with Gasteiger partial charge < -0.3 is 10.0 Å². The molecular formula is C17H19NO4S. The highest BCUT2D eigenvalue weighted by molar-refractivity contribution is 7.99. The number of aryl methyl sites for hydroxylation is 1. The standard InChI is InChI=1S/C17H19NO4S/c1-4-18-16(22)12(9-13(19)20)14(17(18)23-3)15(21)11-8-6-5-7-10(11)2/h5-8,17H,4,9H2,1-3H3,(H,19,20)/t17-/m1/s1. The van der Waals surface area contributed by atoms with Gasteiger partial charge in [-0.3, -0.25) is 14.4 Å². The first-order valence-corrected chi connectivity index (χ1v) is 8.60. The fourth-order valence-electron chi connectivity index (χ4n) is 2.80. The lowest BCUT2D eigenvalue weighted by Crippen LogP contribution is -2.34. The molecule has 1 heterocycles. The number of amides is 1. The normalized spacial score (nSPS) is 17.8. The second-order valence-corrected chi connectivity index (χ2v) is 6.20. The molecule has 122 valence electrons. The second-order valence-electron chi connectivity index (χ2n) is 5.29. The number of carboxylic acids is 1. The maximum absolute atomic E-state index is 13.0. The van der Waals surface area contributed by atoms with E-state index in [-0.39, 0.29) is 17.3 Å². The van der Waals surface area contributed by atoms with Crippen LogP contribution in [0.1, 0.15) is 29.3 Å². The molecule has 0 saturated carbocycles. The van der Waals surface area contributed by atoms with E-state index in [1.807, 2.05) is 32.2 Å². The third kappa shape index (κ3) is 3.17. The van der Waals surface area contributed by atoms with E-state index in [2.05, 4.69) is 0 Å². The number of carbonyl (C=O) groups excluding carboxylic acids is 2. The lowest BCUT2D eigenvalue weighted by Gasteiger charge is -2.23. The summed E-state index contributed by atoms with van der Waals surface area (Å²) in [4.78, 5) is 38.2. The van der Waals surface area contributed by atoms with Crippen LogP contribution in [0, 0.1) is 6.92 Å². The van der Waals surface area contributed by atoms with Crippen molar-refractivity contribution in [1.82, 2.24) is 4.90 Å². The number of aliphatic carboxylic acids is 1. The van der Waals surface area contributed by atoms with E-state index >= 15 is 0 Å². The number of nitrogens with zero attached hydrogens (tertiary/aromatic N) is 1. The number of likely N-dealkylation sites (N-methyl/N-ethyl adjacent to an activating group) is 1. The number of hydrogen-bond donors (Lipinski definition) is 1. The van der Waals surface area contributed by atoms with Gasteiger partial charge >= 0.3 is 5.97 Å². The number of carboxylic acid groups (broad SMARTS) is 1. The van der Waals surface area contributed by atoms with Crippen molar-refractivity contribution in [3.63, 3.8) is 0 Å². The number of thioether (sulfide) groups is 1. The molecule has 0 radical (unpaired) electrons. The minimum absolute atomic E-state index is 0.104. The molecule has 0 unspecified atom stereocenters. The second kappa shape index (κ2) is 7.00. The monoisotopic (exact) mass is 333 g/mol. The predicted molar refractivity (Wildman–Crippen MR) is 89.5 cm³/mol. The van der Waals surface area contributed by atoms with Crippen LogP contribution in [0.3, 0.4) is 0 Å². The van der Waals surface area contributed by atoms with Gasteiger partial charge in [0.25, 0.3) is 5.91 Å². The van der Waals surface area contributed by atoms with E-state index in [0.717, 1.165) is 5.56 Å². The van der Waals surface area contributed by atoms with Gasteiger partial charge in [-0.05, 0) is 25.7 Å². The Kier molecular flexibility index (Phi) is 5.26. The van der Waals surface area contributed by atoms with Crippen LogP contribution < -0.4 is 0 Å². The highest BCUT2D eigenvalue weighted by Gasteiger charge is 2.42. The molecule has 0 aliphatic carbocycles. The lowest BCUT2D eigenvalue weighted by molar-refractivity contribution is -0.137. The number of rotatable bonds is 6. The highest BCUT2D eigenvalue weighted by Crippen LogP contribution is 2.36. The maximum Gasteiger partial charge on any atom is 0.308 e. The number of benzene rings is 1. The molecule has 0 aromatic heterocycles. The summed E-state index contributed by atoms with van der Waals surface area (Å²) < 4.78 is 0. The van der Waals surface area contributed by atoms with Gasteiger partial charge in [0, 0.05) is 23.3 Å². The fourth-order valence-corrected chi connectivity index (χ4v) is 3.78. The van der Waals surface area contributed by atoms with Crippen LogP contribution >= 0.6 is 11.8 Å². The van der Waals surface area contributed by atoms with Crippen LogP contribution in [0.25, 0.3) is 0 Å². The average molecular weight is 333 g/mol. The Hall–Kier alpha value is -2.08. The number of hydrogen-bond acceptors (Lipinski definition) is 4. The van der Waals surface area contributed by atoms with Gasteiger partial charge in [-0.15, -0.1) is 11.8 Å². The van der Waals surface area contributed by atoms with Crippen molar-refractivity contribution in [3.8, 4) is 0 Å². The molecule has 1 aliphatic rings. The minimum Gasteiger partial charge on any atom is -0.481 e. The summed E-state index contributed by atoms with van der Waals surface area (Å²) in [5.74, 6) is -1.73. The Morgan fingerprint density at radius 2 is 1.96 bits per heavy atom. The molecule has 2 rings (SSSR count). The van der Waals surface area contributed by atoms with Crippen LogP contribution in [0.4, 0.5) is 0 Å². The fraction of sp³-hybridized carbons (Fsp3) is 0.353. The van der Waals surface area contributed by atoms with Crippen molar-refractivity contribution < 1.29 is 19.5 Å². The van der Waals surface area contributed by atoms with Gasteiger partial charge in [0.15, 0.2) is 5.78 Å². The first-order valence-electron chi connectivity index (χ1n) is 7.31. The number of ketones is 1. The van der Waals surface area contributed by atoms with Crippen molar-refractivity contribution in [1.29, 1.82) is 0 Å². The number of carbonyl (C=O) groups is 3. The van der Waals surface area contributed by atoms with Gasteiger partial charge in [-0.25, -0.2) is 0 Å². The molecule has 0 saturated heterocycles. The molecule has 23 heavy (non-hydrogen) atoms. The molecule has 0 fully saturated rings. The van der Waals surface area contributed by atoms with Gasteiger partial charge in [0.2, 0.25) is 0 Å². The van der Waals surface area contributed by atoms with Crippen LogP contribution in [-0.4, -0.2) is 45.8 Å². The lowest BCUT2D eigenvalue weighted by atomic mass is 9.95. The zero-order valence-corrected chi connectivity index (χ0v) is 14.1. The minimum atomic E-state index is -1.11. The first-order chi connectivity index (χ1) is 10.9. The quantitative estimate of drug-likeness (QED) is 0.810. The van der Waals surface area contributed by atoms with Gasteiger partial charge in [-0.1, -0.05) is 24.3 Å². The van der Waals surface area contributed by atoms with Crippen molar-refractivity contribution in [3.05, 3.63) is 46.5 Å². The smallest absolute Gasteiger partial charge is 0.308 e. The van der Waals surface area contributed by atoms with Gasteiger partial charge in [0.05, 0.1) is 6.42 Å². The molecule has 0 spiro atoms. The van der Waals surface area contributed by atoms with E-state index in [1.165, 1.54) is 11.8 Å². The first kappa shape index (κ1) is 17.3. The van der Waals surface area contributed by atoms with Crippen LogP contribution in [0.5, 0.6) is 0 Å². The molecule has 6 heteroatoms. The average Bonchev–Trinajstić information content (AvgIpc) is 2.78. The van der Waals surface area contributed by atoms with Crippen molar-refractivity contribution in [2.75, 3.05) is 12.8 Å².